The van der Waals surface area contributed by atoms with E-state index >= 15 is 0 Å². The lowest BCUT2D eigenvalue weighted by molar-refractivity contribution is -0.137. The van der Waals surface area contributed by atoms with E-state index in [1.54, 1.807) is 81.4 Å². The third-order valence-electron chi connectivity index (χ3n) is 7.62. The Morgan fingerprint density at radius 3 is 2.25 bits per heavy atom. The minimum Gasteiger partial charge on any atom is -0.456 e. The lowest BCUT2D eigenvalue weighted by Crippen LogP contribution is -2.50. The Morgan fingerprint density at radius 2 is 1.62 bits per heavy atom. The third-order valence-corrected chi connectivity index (χ3v) is 7.62. The Bertz CT molecular complexity index is 1940. The summed E-state index contributed by atoms with van der Waals surface area (Å²) in [6, 6.07) is 20.6. The van der Waals surface area contributed by atoms with E-state index in [0.29, 0.717) is 16.7 Å². The number of nitriles is 1. The Balaban J connectivity index is 1.72. The van der Waals surface area contributed by atoms with E-state index < -0.39 is 41.2 Å². The van der Waals surface area contributed by atoms with E-state index in [1.807, 2.05) is 0 Å². The number of hydrogen-bond donors (Lipinski definition) is 0. The quantitative estimate of drug-likeness (QED) is 0.147. The summed E-state index contributed by atoms with van der Waals surface area (Å²) in [6.45, 7) is 6.58. The SMILES string of the molecule is CC1=C(C(=O)c2cccnc2)C(c2ccc(C#N)cc2)N(Cc2cccc(C(=O)OC(C)(C)C)c2)C(=O)N1c1cccc(C(F)(F)F)c1. The smallest absolute Gasteiger partial charge is 0.416 e. The number of aromatic nitrogens is 1. The second-order valence-corrected chi connectivity index (χ2v) is 12.2. The summed E-state index contributed by atoms with van der Waals surface area (Å²) >= 11 is 0. The van der Waals surface area contributed by atoms with Gasteiger partial charge in [0.25, 0.3) is 0 Å². The first-order valence-electron chi connectivity index (χ1n) is 14.9. The van der Waals surface area contributed by atoms with Crippen LogP contribution >= 0.6 is 0 Å². The van der Waals surface area contributed by atoms with Gasteiger partial charge in [-0.15, -0.1) is 0 Å². The van der Waals surface area contributed by atoms with Crippen LogP contribution in [0.5, 0.6) is 0 Å². The fourth-order valence-corrected chi connectivity index (χ4v) is 5.50. The predicted molar refractivity (Wildman–Crippen MR) is 172 cm³/mol. The zero-order valence-electron chi connectivity index (χ0n) is 26.6. The molecular weight excluding hydrogens is 621 g/mol. The van der Waals surface area contributed by atoms with Crippen LogP contribution in [-0.2, 0) is 17.5 Å². The van der Waals surface area contributed by atoms with Crippen molar-refractivity contribution in [2.45, 2.75) is 52.1 Å². The number of nitrogens with zero attached hydrogens (tertiary/aromatic N) is 4. The summed E-state index contributed by atoms with van der Waals surface area (Å²) in [7, 11) is 0. The molecule has 1 aromatic heterocycles. The monoisotopic (exact) mass is 652 g/mol. The van der Waals surface area contributed by atoms with Gasteiger partial charge in [0, 0.05) is 35.8 Å². The number of rotatable bonds is 7. The van der Waals surface area contributed by atoms with Crippen molar-refractivity contribution >= 4 is 23.5 Å². The van der Waals surface area contributed by atoms with Crippen molar-refractivity contribution in [3.05, 3.63) is 142 Å². The van der Waals surface area contributed by atoms with Gasteiger partial charge in [0.05, 0.1) is 34.5 Å². The number of urea groups is 1. The highest BCUT2D eigenvalue weighted by atomic mass is 19.4. The molecule has 8 nitrogen and oxygen atoms in total. The maximum Gasteiger partial charge on any atom is 0.416 e. The van der Waals surface area contributed by atoms with Crippen molar-refractivity contribution in [1.29, 1.82) is 5.26 Å². The number of anilines is 1. The summed E-state index contributed by atoms with van der Waals surface area (Å²) in [5, 5.41) is 9.43. The highest BCUT2D eigenvalue weighted by molar-refractivity contribution is 6.13. The Morgan fingerprint density at radius 1 is 0.938 bits per heavy atom. The molecule has 4 aromatic rings. The minimum atomic E-state index is -4.69. The summed E-state index contributed by atoms with van der Waals surface area (Å²) in [6.07, 6.45) is -1.81. The van der Waals surface area contributed by atoms with Crippen LogP contribution in [0.3, 0.4) is 0 Å². The summed E-state index contributed by atoms with van der Waals surface area (Å²) < 4.78 is 47.0. The van der Waals surface area contributed by atoms with Gasteiger partial charge in [-0.05, 0) is 93.4 Å². The Hall–Kier alpha value is -5.76. The van der Waals surface area contributed by atoms with Crippen molar-refractivity contribution in [2.75, 3.05) is 4.90 Å². The largest absolute Gasteiger partial charge is 0.456 e. The molecule has 0 fully saturated rings. The van der Waals surface area contributed by atoms with Gasteiger partial charge in [0.15, 0.2) is 5.78 Å². The Labute approximate surface area is 275 Å². The van der Waals surface area contributed by atoms with E-state index in [9.17, 15) is 32.8 Å². The number of pyridine rings is 1. The molecule has 2 amide bonds. The van der Waals surface area contributed by atoms with Gasteiger partial charge in [-0.3, -0.25) is 14.7 Å². The van der Waals surface area contributed by atoms with Gasteiger partial charge >= 0.3 is 18.2 Å². The average molecular weight is 653 g/mol. The third kappa shape index (κ3) is 7.13. The maximum absolute atomic E-state index is 14.6. The van der Waals surface area contributed by atoms with Crippen molar-refractivity contribution in [1.82, 2.24) is 9.88 Å². The molecular formula is C37H31F3N4O4. The van der Waals surface area contributed by atoms with Crippen LogP contribution < -0.4 is 4.90 Å². The van der Waals surface area contributed by atoms with Gasteiger partial charge in [-0.1, -0.05) is 30.3 Å². The molecule has 1 atom stereocenters. The molecule has 0 saturated heterocycles. The van der Waals surface area contributed by atoms with Gasteiger partial charge in [-0.2, -0.15) is 18.4 Å². The molecule has 0 spiro atoms. The second kappa shape index (κ2) is 13.2. The fourth-order valence-electron chi connectivity index (χ4n) is 5.50. The van der Waals surface area contributed by atoms with Gasteiger partial charge in [0.2, 0.25) is 0 Å². The number of Topliss-reactive ketones (excluding diaryl/α,β-unsaturated/α-hetero) is 1. The van der Waals surface area contributed by atoms with Crippen LogP contribution in [0.2, 0.25) is 0 Å². The Kier molecular flexibility index (Phi) is 9.21. The van der Waals surface area contributed by atoms with E-state index in [0.717, 1.165) is 17.0 Å². The fraction of sp³-hybridized carbons (Fsp3) is 0.216. The number of ketones is 1. The lowest BCUT2D eigenvalue weighted by Gasteiger charge is -2.43. The van der Waals surface area contributed by atoms with Crippen LogP contribution in [0, 0.1) is 11.3 Å². The van der Waals surface area contributed by atoms with Crippen LogP contribution in [0.25, 0.3) is 0 Å². The van der Waals surface area contributed by atoms with Gasteiger partial charge in [-0.25, -0.2) is 9.59 Å². The molecule has 1 unspecified atom stereocenters. The number of halogens is 3. The van der Waals surface area contributed by atoms with E-state index in [-0.39, 0.29) is 34.6 Å². The highest BCUT2D eigenvalue weighted by Gasteiger charge is 2.43. The number of benzene rings is 3. The second-order valence-electron chi connectivity index (χ2n) is 12.2. The molecule has 0 aliphatic carbocycles. The summed E-state index contributed by atoms with van der Waals surface area (Å²) in [5.41, 5.74) is 0.208. The number of carbonyl (C=O) groups is 3. The normalized spacial score (nSPS) is 15.3. The van der Waals surface area contributed by atoms with E-state index in [4.69, 9.17) is 4.74 Å². The number of esters is 1. The van der Waals surface area contributed by atoms with Crippen LogP contribution in [0.4, 0.5) is 23.7 Å². The van der Waals surface area contributed by atoms with Crippen LogP contribution in [-0.4, -0.2) is 33.3 Å². The molecule has 244 valence electrons. The lowest BCUT2D eigenvalue weighted by atomic mass is 9.87. The number of alkyl halides is 3. The molecule has 0 bridgehead atoms. The van der Waals surface area contributed by atoms with Crippen LogP contribution in [0.1, 0.15) is 76.7 Å². The van der Waals surface area contributed by atoms with Crippen LogP contribution in [0.15, 0.2) is 109 Å². The molecule has 0 radical (unpaired) electrons. The number of carbonyl (C=O) groups excluding carboxylic acids is 3. The first-order chi connectivity index (χ1) is 22.7. The number of amides is 2. The topological polar surface area (TPSA) is 104 Å². The molecule has 11 heteroatoms. The van der Waals surface area contributed by atoms with Crippen molar-refractivity contribution in [3.8, 4) is 6.07 Å². The van der Waals surface area contributed by atoms with Crippen molar-refractivity contribution in [3.63, 3.8) is 0 Å². The summed E-state index contributed by atoms with van der Waals surface area (Å²) in [4.78, 5) is 48.4. The molecule has 2 heterocycles. The first-order valence-corrected chi connectivity index (χ1v) is 14.9. The van der Waals surface area contributed by atoms with Gasteiger partial charge < -0.3 is 9.64 Å². The van der Waals surface area contributed by atoms with Crippen molar-refractivity contribution < 1.29 is 32.3 Å². The first kappa shape index (κ1) is 33.6. The van der Waals surface area contributed by atoms with E-state index in [2.05, 4.69) is 11.1 Å². The molecule has 0 N–H and O–H groups in total. The maximum atomic E-state index is 14.6. The molecule has 1 aliphatic heterocycles. The number of allylic oxidation sites excluding steroid dienone is 1. The average Bonchev–Trinajstić information content (AvgIpc) is 3.05. The zero-order chi connectivity index (χ0) is 34.8. The predicted octanol–water partition coefficient (Wildman–Crippen LogP) is 8.27. The number of ether oxygens (including phenoxy) is 1. The molecule has 1 aliphatic rings. The zero-order valence-corrected chi connectivity index (χ0v) is 26.6. The number of hydrogen-bond acceptors (Lipinski definition) is 6. The standard InChI is InChI=1S/C37H31F3N4O4/c1-23-31(33(45)28-10-7-17-42-21-28)32(26-15-13-24(20-41)14-16-26)43(22-25-8-5-9-27(18-25)34(46)48-36(2,3)4)35(47)44(23)30-12-6-11-29(19-30)37(38,39)40/h5-19,21,32H,22H2,1-4H3. The van der Waals surface area contributed by atoms with E-state index in [1.165, 1.54) is 36.4 Å². The van der Waals surface area contributed by atoms with Crippen molar-refractivity contribution in [2.24, 2.45) is 0 Å². The van der Waals surface area contributed by atoms with Gasteiger partial charge in [0.1, 0.15) is 5.60 Å². The summed E-state index contributed by atoms with van der Waals surface area (Å²) in [5.74, 6) is -1.07. The molecule has 0 saturated carbocycles. The molecule has 48 heavy (non-hydrogen) atoms. The molecule has 5 rings (SSSR count). The highest BCUT2D eigenvalue weighted by Crippen LogP contribution is 2.42. The minimum absolute atomic E-state index is 0.0883. The molecule has 3 aromatic carbocycles.